The van der Waals surface area contributed by atoms with Gasteiger partial charge in [-0.25, -0.2) is 9.78 Å². The van der Waals surface area contributed by atoms with Crippen LogP contribution < -0.4 is 0 Å². The lowest BCUT2D eigenvalue weighted by Gasteiger charge is -2.12. The molecule has 0 saturated carbocycles. The van der Waals surface area contributed by atoms with Gasteiger partial charge in [0.05, 0.1) is 12.2 Å². The highest BCUT2D eigenvalue weighted by molar-refractivity contribution is 7.98. The van der Waals surface area contributed by atoms with Gasteiger partial charge in [-0.05, 0) is 48.7 Å². The molecule has 0 atom stereocenters. The van der Waals surface area contributed by atoms with Crippen molar-refractivity contribution in [2.24, 2.45) is 0 Å². The van der Waals surface area contributed by atoms with Gasteiger partial charge in [0.2, 0.25) is 0 Å². The summed E-state index contributed by atoms with van der Waals surface area (Å²) in [4.78, 5) is 16.3. The molecule has 4 nitrogen and oxygen atoms in total. The SMILES string of the molecule is Cc1ccccc1CSc1nc(C)c(C(=O)O)n1Cc1cc(Cl)ccc1Cl. The minimum Gasteiger partial charge on any atom is -0.477 e. The second kappa shape index (κ2) is 8.38. The van der Waals surface area contributed by atoms with E-state index >= 15 is 0 Å². The van der Waals surface area contributed by atoms with Gasteiger partial charge in [0.15, 0.2) is 10.9 Å². The van der Waals surface area contributed by atoms with E-state index in [-0.39, 0.29) is 12.2 Å². The summed E-state index contributed by atoms with van der Waals surface area (Å²) in [7, 11) is 0. The van der Waals surface area contributed by atoms with Crippen molar-refractivity contribution in [3.05, 3.63) is 80.6 Å². The second-order valence-electron chi connectivity index (χ2n) is 6.17. The van der Waals surface area contributed by atoms with Gasteiger partial charge >= 0.3 is 5.97 Å². The number of rotatable bonds is 6. The van der Waals surface area contributed by atoms with Crippen LogP contribution in [0.25, 0.3) is 0 Å². The van der Waals surface area contributed by atoms with Crippen molar-refractivity contribution in [3.63, 3.8) is 0 Å². The molecule has 0 amide bonds. The number of carboxylic acids is 1. The van der Waals surface area contributed by atoms with E-state index in [0.29, 0.717) is 26.6 Å². The number of aryl methyl sites for hydroxylation is 2. The molecule has 0 aliphatic rings. The maximum absolute atomic E-state index is 11.8. The molecule has 0 radical (unpaired) electrons. The number of imidazole rings is 1. The molecule has 0 fully saturated rings. The van der Waals surface area contributed by atoms with Gasteiger partial charge in [-0.3, -0.25) is 0 Å². The van der Waals surface area contributed by atoms with Crippen molar-refractivity contribution in [1.82, 2.24) is 9.55 Å². The van der Waals surface area contributed by atoms with E-state index in [1.54, 1.807) is 29.7 Å². The van der Waals surface area contributed by atoms with Gasteiger partial charge in [0.1, 0.15) is 0 Å². The molecule has 0 saturated heterocycles. The minimum atomic E-state index is -1.01. The summed E-state index contributed by atoms with van der Waals surface area (Å²) in [6, 6.07) is 13.3. The topological polar surface area (TPSA) is 55.1 Å². The summed E-state index contributed by atoms with van der Waals surface area (Å²) >= 11 is 13.9. The minimum absolute atomic E-state index is 0.165. The van der Waals surface area contributed by atoms with Gasteiger partial charge in [0, 0.05) is 15.8 Å². The van der Waals surface area contributed by atoms with E-state index < -0.39 is 5.97 Å². The summed E-state index contributed by atoms with van der Waals surface area (Å²) < 4.78 is 1.69. The van der Waals surface area contributed by atoms with Crippen LogP contribution in [0.5, 0.6) is 0 Å². The molecule has 0 aliphatic heterocycles. The monoisotopic (exact) mass is 420 g/mol. The summed E-state index contributed by atoms with van der Waals surface area (Å²) in [6.07, 6.45) is 0. The quantitative estimate of drug-likeness (QED) is 0.508. The Morgan fingerprint density at radius 1 is 1.15 bits per heavy atom. The molecule has 3 aromatic rings. The number of carbonyl (C=O) groups is 1. The Kier molecular flexibility index (Phi) is 6.15. The average molecular weight is 421 g/mol. The summed E-state index contributed by atoms with van der Waals surface area (Å²) in [6.45, 7) is 4.05. The zero-order chi connectivity index (χ0) is 19.6. The van der Waals surface area contributed by atoms with E-state index in [1.807, 2.05) is 12.1 Å². The van der Waals surface area contributed by atoms with Crippen molar-refractivity contribution in [2.75, 3.05) is 0 Å². The van der Waals surface area contributed by atoms with Crippen LogP contribution in [0.2, 0.25) is 10.0 Å². The van der Waals surface area contributed by atoms with Crippen molar-refractivity contribution < 1.29 is 9.90 Å². The maximum Gasteiger partial charge on any atom is 0.354 e. The largest absolute Gasteiger partial charge is 0.477 e. The number of aromatic nitrogens is 2. The first-order valence-electron chi connectivity index (χ1n) is 8.28. The van der Waals surface area contributed by atoms with Gasteiger partial charge in [-0.1, -0.05) is 59.2 Å². The smallest absolute Gasteiger partial charge is 0.354 e. The van der Waals surface area contributed by atoms with E-state index in [2.05, 4.69) is 24.0 Å². The highest BCUT2D eigenvalue weighted by Crippen LogP contribution is 2.29. The molecule has 3 rings (SSSR count). The van der Waals surface area contributed by atoms with Crippen molar-refractivity contribution in [3.8, 4) is 0 Å². The van der Waals surface area contributed by atoms with E-state index in [4.69, 9.17) is 23.2 Å². The number of halogens is 2. The predicted molar refractivity (Wildman–Crippen MR) is 110 cm³/mol. The number of carboxylic acid groups (broad SMARTS) is 1. The highest BCUT2D eigenvalue weighted by atomic mass is 35.5. The number of thioether (sulfide) groups is 1. The van der Waals surface area contributed by atoms with Crippen LogP contribution >= 0.6 is 35.0 Å². The molecule has 0 spiro atoms. The van der Waals surface area contributed by atoms with E-state index in [0.717, 1.165) is 5.56 Å². The van der Waals surface area contributed by atoms with Crippen molar-refractivity contribution >= 4 is 40.9 Å². The molecular formula is C20H18Cl2N2O2S. The molecular weight excluding hydrogens is 403 g/mol. The number of nitrogens with zero attached hydrogens (tertiary/aromatic N) is 2. The van der Waals surface area contributed by atoms with Crippen LogP contribution in [-0.2, 0) is 12.3 Å². The number of hydrogen-bond acceptors (Lipinski definition) is 3. The Morgan fingerprint density at radius 3 is 2.59 bits per heavy atom. The lowest BCUT2D eigenvalue weighted by Crippen LogP contribution is -2.12. The fraction of sp³-hybridized carbons (Fsp3) is 0.200. The Hall–Kier alpha value is -1.95. The average Bonchev–Trinajstić information content (AvgIpc) is 2.93. The van der Waals surface area contributed by atoms with Crippen LogP contribution in [0.15, 0.2) is 47.6 Å². The standard InChI is InChI=1S/C20H18Cl2N2O2S/c1-12-5-3-4-6-14(12)11-27-20-23-13(2)18(19(25)26)24(20)10-15-9-16(21)7-8-17(15)22/h3-9H,10-11H2,1-2H3,(H,25,26). The zero-order valence-electron chi connectivity index (χ0n) is 14.9. The van der Waals surface area contributed by atoms with Gasteiger partial charge in [-0.2, -0.15) is 0 Å². The summed E-state index contributed by atoms with van der Waals surface area (Å²) in [5, 5.41) is 11.4. The first-order chi connectivity index (χ1) is 12.9. The molecule has 0 aliphatic carbocycles. The Bertz CT molecular complexity index is 1000. The van der Waals surface area contributed by atoms with Gasteiger partial charge < -0.3 is 9.67 Å². The highest BCUT2D eigenvalue weighted by Gasteiger charge is 2.21. The Balaban J connectivity index is 1.97. The molecule has 1 aromatic heterocycles. The molecule has 0 unspecified atom stereocenters. The number of hydrogen-bond donors (Lipinski definition) is 1. The first-order valence-corrected chi connectivity index (χ1v) is 10.0. The molecule has 1 heterocycles. The maximum atomic E-state index is 11.8. The van der Waals surface area contributed by atoms with Crippen LogP contribution in [0, 0.1) is 13.8 Å². The van der Waals surface area contributed by atoms with Crippen LogP contribution in [0.3, 0.4) is 0 Å². The Labute approximate surface area is 172 Å². The molecule has 7 heteroatoms. The van der Waals surface area contributed by atoms with E-state index in [9.17, 15) is 9.90 Å². The number of benzene rings is 2. The first kappa shape index (κ1) is 19.8. The summed E-state index contributed by atoms with van der Waals surface area (Å²) in [5.74, 6) is -0.313. The fourth-order valence-corrected chi connectivity index (χ4v) is 4.32. The van der Waals surface area contributed by atoms with Gasteiger partial charge in [-0.15, -0.1) is 0 Å². The molecule has 140 valence electrons. The third-order valence-corrected chi connectivity index (χ3v) is 5.89. The van der Waals surface area contributed by atoms with Crippen molar-refractivity contribution in [2.45, 2.75) is 31.3 Å². The fourth-order valence-electron chi connectivity index (χ4n) is 2.82. The molecule has 2 aromatic carbocycles. The Morgan fingerprint density at radius 2 is 1.89 bits per heavy atom. The zero-order valence-corrected chi connectivity index (χ0v) is 17.2. The van der Waals surface area contributed by atoms with Crippen LogP contribution in [-0.4, -0.2) is 20.6 Å². The number of aromatic carboxylic acids is 1. The van der Waals surface area contributed by atoms with Gasteiger partial charge in [0.25, 0.3) is 0 Å². The van der Waals surface area contributed by atoms with Crippen LogP contribution in [0.1, 0.15) is 32.9 Å². The third kappa shape index (κ3) is 4.49. The third-order valence-electron chi connectivity index (χ3n) is 4.26. The summed E-state index contributed by atoms with van der Waals surface area (Å²) in [5.41, 5.74) is 3.77. The predicted octanol–water partition coefficient (Wildman–Crippen LogP) is 5.85. The lowest BCUT2D eigenvalue weighted by molar-refractivity contribution is 0.0684. The van der Waals surface area contributed by atoms with Crippen molar-refractivity contribution in [1.29, 1.82) is 0 Å². The second-order valence-corrected chi connectivity index (χ2v) is 7.96. The molecule has 1 N–H and O–H groups in total. The van der Waals surface area contributed by atoms with Crippen LogP contribution in [0.4, 0.5) is 0 Å². The lowest BCUT2D eigenvalue weighted by atomic mass is 10.1. The molecule has 27 heavy (non-hydrogen) atoms. The normalized spacial score (nSPS) is 11.0. The molecule has 0 bridgehead atoms. The van der Waals surface area contributed by atoms with E-state index in [1.165, 1.54) is 22.9 Å².